The first kappa shape index (κ1) is 18.9. The second-order valence-electron chi connectivity index (χ2n) is 7.01. The molecular formula is C19H23N3O5. The highest BCUT2D eigenvalue weighted by atomic mass is 16.5. The third-order valence-corrected chi connectivity index (χ3v) is 5.21. The van der Waals surface area contributed by atoms with Crippen LogP contribution in [-0.2, 0) is 19.1 Å². The van der Waals surface area contributed by atoms with Crippen LogP contribution in [0.25, 0.3) is 0 Å². The van der Waals surface area contributed by atoms with Crippen LogP contribution in [0.15, 0.2) is 30.3 Å². The molecule has 2 atom stereocenters. The minimum absolute atomic E-state index is 0.0142. The van der Waals surface area contributed by atoms with Crippen LogP contribution in [0.1, 0.15) is 32.6 Å². The van der Waals surface area contributed by atoms with Gasteiger partial charge in [0.15, 0.2) is 6.61 Å². The summed E-state index contributed by atoms with van der Waals surface area (Å²) in [5.41, 5.74) is -0.332. The fraction of sp³-hybridized carbons (Fsp3) is 0.474. The number of nitrogens with one attached hydrogen (secondary N) is 2. The van der Waals surface area contributed by atoms with Gasteiger partial charge in [-0.15, -0.1) is 0 Å². The average Bonchev–Trinajstić information content (AvgIpc) is 2.88. The zero-order valence-electron chi connectivity index (χ0n) is 15.2. The van der Waals surface area contributed by atoms with E-state index >= 15 is 0 Å². The van der Waals surface area contributed by atoms with E-state index in [9.17, 15) is 19.2 Å². The number of benzene rings is 1. The Labute approximate surface area is 157 Å². The lowest BCUT2D eigenvalue weighted by atomic mass is 9.73. The molecule has 1 spiro atoms. The van der Waals surface area contributed by atoms with Gasteiger partial charge in [0.25, 0.3) is 11.8 Å². The number of amides is 4. The van der Waals surface area contributed by atoms with Crippen LogP contribution in [0, 0.1) is 5.92 Å². The molecule has 2 aliphatic rings. The van der Waals surface area contributed by atoms with E-state index in [4.69, 9.17) is 4.74 Å². The fourth-order valence-electron chi connectivity index (χ4n) is 3.68. The summed E-state index contributed by atoms with van der Waals surface area (Å²) in [7, 11) is 0. The van der Waals surface area contributed by atoms with E-state index in [1.54, 1.807) is 24.3 Å². The molecule has 4 amide bonds. The Balaban J connectivity index is 1.52. The van der Waals surface area contributed by atoms with Crippen LogP contribution >= 0.6 is 0 Å². The normalized spacial score (nSPS) is 24.6. The predicted molar refractivity (Wildman–Crippen MR) is 96.6 cm³/mol. The van der Waals surface area contributed by atoms with Crippen LogP contribution in [-0.4, -0.2) is 47.4 Å². The van der Waals surface area contributed by atoms with E-state index in [0.717, 1.165) is 24.2 Å². The van der Waals surface area contributed by atoms with Crippen LogP contribution in [0.5, 0.6) is 0 Å². The Morgan fingerprint density at radius 1 is 1.26 bits per heavy atom. The van der Waals surface area contributed by atoms with Gasteiger partial charge < -0.3 is 15.4 Å². The second kappa shape index (κ2) is 7.77. The van der Waals surface area contributed by atoms with E-state index in [2.05, 4.69) is 10.6 Å². The average molecular weight is 373 g/mol. The highest BCUT2D eigenvalue weighted by Crippen LogP contribution is 2.38. The van der Waals surface area contributed by atoms with E-state index in [0.29, 0.717) is 12.1 Å². The van der Waals surface area contributed by atoms with Gasteiger partial charge >= 0.3 is 12.0 Å². The molecule has 1 aliphatic carbocycles. The van der Waals surface area contributed by atoms with Gasteiger partial charge in [-0.3, -0.25) is 19.3 Å². The van der Waals surface area contributed by atoms with E-state index in [1.807, 2.05) is 13.0 Å². The van der Waals surface area contributed by atoms with Crippen molar-refractivity contribution >= 4 is 29.5 Å². The number of rotatable bonds is 5. The second-order valence-corrected chi connectivity index (χ2v) is 7.01. The molecular weight excluding hydrogens is 350 g/mol. The molecule has 0 bridgehead atoms. The van der Waals surface area contributed by atoms with Crippen molar-refractivity contribution in [1.82, 2.24) is 10.2 Å². The topological polar surface area (TPSA) is 105 Å². The molecule has 3 rings (SSSR count). The van der Waals surface area contributed by atoms with E-state index < -0.39 is 36.6 Å². The SMILES string of the molecule is C[C@@H]1CCCC[C@]12NC(=O)N(CC(=O)OCC(=O)Nc1ccccc1)C2=O. The zero-order valence-corrected chi connectivity index (χ0v) is 15.2. The van der Waals surface area contributed by atoms with E-state index in [1.165, 1.54) is 0 Å². The van der Waals surface area contributed by atoms with E-state index in [-0.39, 0.29) is 11.8 Å². The quantitative estimate of drug-likeness (QED) is 0.603. The molecule has 2 N–H and O–H groups in total. The predicted octanol–water partition coefficient (Wildman–Crippen LogP) is 1.67. The van der Waals surface area contributed by atoms with Gasteiger partial charge in [0, 0.05) is 5.69 Å². The Morgan fingerprint density at radius 3 is 2.70 bits per heavy atom. The number of anilines is 1. The molecule has 8 nitrogen and oxygen atoms in total. The molecule has 0 radical (unpaired) electrons. The van der Waals surface area contributed by atoms with Gasteiger partial charge in [-0.2, -0.15) is 0 Å². The van der Waals surface area contributed by atoms with Crippen LogP contribution in [0.4, 0.5) is 10.5 Å². The summed E-state index contributed by atoms with van der Waals surface area (Å²) in [6.07, 6.45) is 3.30. The van der Waals surface area contributed by atoms with Gasteiger partial charge in [0.1, 0.15) is 12.1 Å². The molecule has 0 aromatic heterocycles. The van der Waals surface area contributed by atoms with Crippen molar-refractivity contribution in [3.8, 4) is 0 Å². The molecule has 1 aromatic rings. The first-order chi connectivity index (χ1) is 12.9. The van der Waals surface area contributed by atoms with Crippen LogP contribution in [0.3, 0.4) is 0 Å². The van der Waals surface area contributed by atoms with Crippen molar-refractivity contribution in [3.05, 3.63) is 30.3 Å². The molecule has 8 heteroatoms. The molecule has 144 valence electrons. The lowest BCUT2D eigenvalue weighted by Crippen LogP contribution is -2.54. The smallest absolute Gasteiger partial charge is 0.326 e. The summed E-state index contributed by atoms with van der Waals surface area (Å²) in [6.45, 7) is 0.948. The first-order valence-corrected chi connectivity index (χ1v) is 9.07. The highest BCUT2D eigenvalue weighted by molar-refractivity contribution is 6.09. The number of urea groups is 1. The summed E-state index contributed by atoms with van der Waals surface area (Å²) in [5.74, 6) is -1.67. The van der Waals surface area contributed by atoms with Gasteiger partial charge in [-0.05, 0) is 30.9 Å². The Bertz CT molecular complexity index is 751. The van der Waals surface area contributed by atoms with Gasteiger partial charge in [0.2, 0.25) is 0 Å². The first-order valence-electron chi connectivity index (χ1n) is 9.07. The maximum absolute atomic E-state index is 12.8. The number of hydrogen-bond donors (Lipinski definition) is 2. The van der Waals surface area contributed by atoms with Gasteiger partial charge in [-0.25, -0.2) is 4.79 Å². The van der Waals surface area contributed by atoms with Gasteiger partial charge in [-0.1, -0.05) is 38.0 Å². The number of nitrogens with zero attached hydrogens (tertiary/aromatic N) is 1. The standard InChI is InChI=1S/C19H23N3O5/c1-13-7-5-6-10-19(13)17(25)22(18(26)21-19)11-16(24)27-12-15(23)20-14-8-3-2-4-9-14/h2-4,8-9,13H,5-7,10-12H2,1H3,(H,20,23)(H,21,26)/t13-,19+/m1/s1. The third kappa shape index (κ3) is 3.94. The van der Waals surface area contributed by atoms with Gasteiger partial charge in [0.05, 0.1) is 0 Å². The molecule has 2 fully saturated rings. The molecule has 1 saturated carbocycles. The number of para-hydroxylation sites is 1. The summed E-state index contributed by atoms with van der Waals surface area (Å²) in [5, 5.41) is 5.36. The Kier molecular flexibility index (Phi) is 5.43. The van der Waals surface area contributed by atoms with Crippen molar-refractivity contribution in [2.75, 3.05) is 18.5 Å². The number of carbonyl (C=O) groups excluding carboxylic acids is 4. The number of esters is 1. The Hall–Kier alpha value is -2.90. The minimum Gasteiger partial charge on any atom is -0.454 e. The largest absolute Gasteiger partial charge is 0.454 e. The summed E-state index contributed by atoms with van der Waals surface area (Å²) in [6, 6.07) is 8.17. The molecule has 1 saturated heterocycles. The zero-order chi connectivity index (χ0) is 19.4. The molecule has 27 heavy (non-hydrogen) atoms. The lowest BCUT2D eigenvalue weighted by Gasteiger charge is -2.36. The van der Waals surface area contributed by atoms with Crippen molar-refractivity contribution < 1.29 is 23.9 Å². The lowest BCUT2D eigenvalue weighted by molar-refractivity contribution is -0.150. The maximum atomic E-state index is 12.8. The number of ether oxygens (including phenoxy) is 1. The fourth-order valence-corrected chi connectivity index (χ4v) is 3.68. The maximum Gasteiger partial charge on any atom is 0.326 e. The third-order valence-electron chi connectivity index (χ3n) is 5.21. The summed E-state index contributed by atoms with van der Waals surface area (Å²) < 4.78 is 4.91. The molecule has 1 aromatic carbocycles. The van der Waals surface area contributed by atoms with Crippen LogP contribution < -0.4 is 10.6 Å². The molecule has 0 unspecified atom stereocenters. The Morgan fingerprint density at radius 2 is 2.00 bits per heavy atom. The number of imide groups is 1. The van der Waals surface area contributed by atoms with Crippen LogP contribution in [0.2, 0.25) is 0 Å². The minimum atomic E-state index is -0.916. The summed E-state index contributed by atoms with van der Waals surface area (Å²) in [4.78, 5) is 49.7. The summed E-state index contributed by atoms with van der Waals surface area (Å²) >= 11 is 0. The number of carbonyl (C=O) groups is 4. The van der Waals surface area contributed by atoms with Crippen molar-refractivity contribution in [3.63, 3.8) is 0 Å². The molecule has 1 aliphatic heterocycles. The molecule has 1 heterocycles. The van der Waals surface area contributed by atoms with Crippen molar-refractivity contribution in [2.45, 2.75) is 38.1 Å². The number of hydrogen-bond acceptors (Lipinski definition) is 5. The van der Waals surface area contributed by atoms with Crippen molar-refractivity contribution in [1.29, 1.82) is 0 Å². The van der Waals surface area contributed by atoms with Crippen molar-refractivity contribution in [2.24, 2.45) is 5.92 Å². The monoisotopic (exact) mass is 373 g/mol. The highest BCUT2D eigenvalue weighted by Gasteiger charge is 2.55.